The number of aromatic nitrogens is 2. The van der Waals surface area contributed by atoms with Gasteiger partial charge in [0.05, 0.1) is 5.75 Å². The number of aryl methyl sites for hydroxylation is 3. The predicted octanol–water partition coefficient (Wildman–Crippen LogP) is 4.41. The summed E-state index contributed by atoms with van der Waals surface area (Å²) in [6.45, 7) is 6.74. The van der Waals surface area contributed by atoms with Gasteiger partial charge >= 0.3 is 0 Å². The first kappa shape index (κ1) is 19.2. The second-order valence-electron chi connectivity index (χ2n) is 6.70. The first-order chi connectivity index (χ1) is 12.9. The maximum absolute atomic E-state index is 12.4. The molecule has 0 N–H and O–H groups in total. The predicted molar refractivity (Wildman–Crippen MR) is 108 cm³/mol. The summed E-state index contributed by atoms with van der Waals surface area (Å²) in [5.41, 5.74) is 5.60. The second kappa shape index (κ2) is 8.39. The highest BCUT2D eigenvalue weighted by atomic mass is 32.2. The molecule has 0 aliphatic carbocycles. The molecule has 0 radical (unpaired) electrons. The minimum atomic E-state index is 0.0199. The van der Waals surface area contributed by atoms with Crippen molar-refractivity contribution in [3.8, 4) is 11.5 Å². The molecule has 1 amide bonds. The van der Waals surface area contributed by atoms with Crippen LogP contribution in [0.25, 0.3) is 11.5 Å². The summed E-state index contributed by atoms with van der Waals surface area (Å²) >= 11 is 1.26. The molecule has 140 valence electrons. The average Bonchev–Trinajstić information content (AvgIpc) is 3.13. The van der Waals surface area contributed by atoms with Crippen LogP contribution in [0.5, 0.6) is 0 Å². The molecule has 0 aliphatic heterocycles. The number of hydrogen-bond acceptors (Lipinski definition) is 5. The van der Waals surface area contributed by atoms with Gasteiger partial charge in [-0.1, -0.05) is 47.7 Å². The quantitative estimate of drug-likeness (QED) is 0.592. The summed E-state index contributed by atoms with van der Waals surface area (Å²) in [5.74, 6) is 0.754. The number of nitrogens with zero attached hydrogens (tertiary/aromatic N) is 3. The van der Waals surface area contributed by atoms with Gasteiger partial charge in [0, 0.05) is 19.2 Å². The number of carbonyl (C=O) groups is 1. The van der Waals surface area contributed by atoms with E-state index in [2.05, 4.69) is 29.3 Å². The van der Waals surface area contributed by atoms with Crippen LogP contribution < -0.4 is 0 Å². The Kier molecular flexibility index (Phi) is 5.96. The van der Waals surface area contributed by atoms with Crippen molar-refractivity contribution in [1.29, 1.82) is 0 Å². The van der Waals surface area contributed by atoms with Crippen molar-refractivity contribution < 1.29 is 9.21 Å². The van der Waals surface area contributed by atoms with E-state index in [0.717, 1.165) is 11.1 Å². The summed E-state index contributed by atoms with van der Waals surface area (Å²) in [7, 11) is 1.80. The molecule has 0 aliphatic rings. The van der Waals surface area contributed by atoms with Gasteiger partial charge in [-0.25, -0.2) is 0 Å². The molecule has 1 aromatic heterocycles. The van der Waals surface area contributed by atoms with Crippen LogP contribution in [-0.2, 0) is 11.3 Å². The molecule has 0 atom stereocenters. The van der Waals surface area contributed by atoms with Crippen LogP contribution in [0.15, 0.2) is 52.1 Å². The zero-order valence-corrected chi connectivity index (χ0v) is 16.8. The van der Waals surface area contributed by atoms with E-state index in [4.69, 9.17) is 4.42 Å². The molecule has 0 saturated heterocycles. The standard InChI is InChI=1S/C21H23N3O2S/c1-14-5-8-17(9-6-14)12-24(4)19(25)13-27-21-23-22-20(26-21)18-10-7-15(2)16(3)11-18/h5-11H,12-13H2,1-4H3. The summed E-state index contributed by atoms with van der Waals surface area (Å²) < 4.78 is 5.70. The van der Waals surface area contributed by atoms with Crippen molar-refractivity contribution in [3.63, 3.8) is 0 Å². The van der Waals surface area contributed by atoms with Crippen LogP contribution in [0.2, 0.25) is 0 Å². The number of hydrogen-bond donors (Lipinski definition) is 0. The minimum absolute atomic E-state index is 0.0199. The largest absolute Gasteiger partial charge is 0.411 e. The maximum Gasteiger partial charge on any atom is 0.277 e. The highest BCUT2D eigenvalue weighted by Crippen LogP contribution is 2.25. The van der Waals surface area contributed by atoms with E-state index < -0.39 is 0 Å². The molecule has 5 nitrogen and oxygen atoms in total. The Hall–Kier alpha value is -2.60. The van der Waals surface area contributed by atoms with Crippen molar-refractivity contribution >= 4 is 17.7 Å². The third-order valence-electron chi connectivity index (χ3n) is 4.45. The molecule has 2 aromatic carbocycles. The lowest BCUT2D eigenvalue weighted by molar-refractivity contribution is -0.127. The first-order valence-corrected chi connectivity index (χ1v) is 9.74. The van der Waals surface area contributed by atoms with E-state index >= 15 is 0 Å². The second-order valence-corrected chi connectivity index (χ2v) is 7.62. The molecule has 0 spiro atoms. The molecule has 0 fully saturated rings. The van der Waals surface area contributed by atoms with Gasteiger partial charge in [0.25, 0.3) is 5.22 Å². The van der Waals surface area contributed by atoms with E-state index in [0.29, 0.717) is 17.7 Å². The summed E-state index contributed by atoms with van der Waals surface area (Å²) in [6.07, 6.45) is 0. The van der Waals surface area contributed by atoms with Gasteiger partial charge in [-0.3, -0.25) is 4.79 Å². The summed E-state index contributed by atoms with van der Waals surface area (Å²) in [4.78, 5) is 14.1. The van der Waals surface area contributed by atoms with Crippen LogP contribution in [0.3, 0.4) is 0 Å². The summed E-state index contributed by atoms with van der Waals surface area (Å²) in [6, 6.07) is 14.2. The Morgan fingerprint density at radius 1 is 1.04 bits per heavy atom. The van der Waals surface area contributed by atoms with E-state index in [-0.39, 0.29) is 11.7 Å². The van der Waals surface area contributed by atoms with Crippen LogP contribution in [0, 0.1) is 20.8 Å². The molecule has 0 saturated carbocycles. The number of benzene rings is 2. The number of rotatable bonds is 6. The molecule has 0 bridgehead atoms. The van der Waals surface area contributed by atoms with Crippen molar-refractivity contribution in [1.82, 2.24) is 15.1 Å². The Morgan fingerprint density at radius 2 is 1.78 bits per heavy atom. The van der Waals surface area contributed by atoms with Gasteiger partial charge in [0.15, 0.2) is 0 Å². The van der Waals surface area contributed by atoms with E-state index in [1.807, 2.05) is 44.2 Å². The third-order valence-corrected chi connectivity index (χ3v) is 5.25. The minimum Gasteiger partial charge on any atom is -0.411 e. The Balaban J connectivity index is 1.56. The number of thioether (sulfide) groups is 1. The molecule has 0 unspecified atom stereocenters. The van der Waals surface area contributed by atoms with E-state index in [1.165, 1.54) is 28.5 Å². The van der Waals surface area contributed by atoms with Crippen LogP contribution in [0.1, 0.15) is 22.3 Å². The van der Waals surface area contributed by atoms with Gasteiger partial charge in [-0.05, 0) is 49.6 Å². The van der Waals surface area contributed by atoms with Crippen molar-refractivity contribution in [2.24, 2.45) is 0 Å². The lowest BCUT2D eigenvalue weighted by atomic mass is 10.1. The third kappa shape index (κ3) is 4.98. The maximum atomic E-state index is 12.4. The highest BCUT2D eigenvalue weighted by Gasteiger charge is 2.14. The van der Waals surface area contributed by atoms with Gasteiger partial charge < -0.3 is 9.32 Å². The number of amides is 1. The molecular weight excluding hydrogens is 358 g/mol. The van der Waals surface area contributed by atoms with Crippen LogP contribution in [0.4, 0.5) is 0 Å². The Bertz CT molecular complexity index is 935. The smallest absolute Gasteiger partial charge is 0.277 e. The number of carbonyl (C=O) groups excluding carboxylic acids is 1. The lowest BCUT2D eigenvalue weighted by Crippen LogP contribution is -2.27. The zero-order chi connectivity index (χ0) is 19.4. The van der Waals surface area contributed by atoms with Gasteiger partial charge in [0.1, 0.15) is 0 Å². The molecule has 3 aromatic rings. The van der Waals surface area contributed by atoms with E-state index in [1.54, 1.807) is 11.9 Å². The van der Waals surface area contributed by atoms with Crippen LogP contribution in [-0.4, -0.2) is 33.8 Å². The molecule has 3 rings (SSSR count). The van der Waals surface area contributed by atoms with Crippen molar-refractivity contribution in [3.05, 3.63) is 64.7 Å². The fraction of sp³-hybridized carbons (Fsp3) is 0.286. The topological polar surface area (TPSA) is 59.2 Å². The molecule has 6 heteroatoms. The summed E-state index contributed by atoms with van der Waals surface area (Å²) in [5, 5.41) is 8.54. The Morgan fingerprint density at radius 3 is 2.48 bits per heavy atom. The SMILES string of the molecule is Cc1ccc(CN(C)C(=O)CSc2nnc(-c3ccc(C)c(C)c3)o2)cc1. The van der Waals surface area contributed by atoms with Crippen molar-refractivity contribution in [2.75, 3.05) is 12.8 Å². The van der Waals surface area contributed by atoms with Gasteiger partial charge in [-0.2, -0.15) is 0 Å². The molecule has 27 heavy (non-hydrogen) atoms. The zero-order valence-electron chi connectivity index (χ0n) is 16.0. The Labute approximate surface area is 163 Å². The van der Waals surface area contributed by atoms with Gasteiger partial charge in [0.2, 0.25) is 11.8 Å². The fourth-order valence-electron chi connectivity index (χ4n) is 2.55. The fourth-order valence-corrected chi connectivity index (χ4v) is 3.25. The molecular formula is C21H23N3O2S. The van der Waals surface area contributed by atoms with Gasteiger partial charge in [-0.15, -0.1) is 10.2 Å². The monoisotopic (exact) mass is 381 g/mol. The normalized spacial score (nSPS) is 10.8. The first-order valence-electron chi connectivity index (χ1n) is 8.76. The van der Waals surface area contributed by atoms with Crippen molar-refractivity contribution in [2.45, 2.75) is 32.5 Å². The van der Waals surface area contributed by atoms with Crippen LogP contribution >= 0.6 is 11.8 Å². The highest BCUT2D eigenvalue weighted by molar-refractivity contribution is 7.99. The lowest BCUT2D eigenvalue weighted by Gasteiger charge is -2.16. The average molecular weight is 382 g/mol. The van der Waals surface area contributed by atoms with E-state index in [9.17, 15) is 4.79 Å². The molecule has 1 heterocycles.